The molecule has 0 heterocycles. The second-order valence-corrected chi connectivity index (χ2v) is 6.08. The van der Waals surface area contributed by atoms with E-state index in [-0.39, 0.29) is 18.8 Å². The maximum Gasteiger partial charge on any atom is 0.408 e. The third kappa shape index (κ3) is 6.57. The molecule has 0 bridgehead atoms. The Morgan fingerprint density at radius 2 is 1.95 bits per heavy atom. The molecule has 1 rings (SSSR count). The van der Waals surface area contributed by atoms with Gasteiger partial charge < -0.3 is 19.9 Å². The van der Waals surface area contributed by atoms with Crippen LogP contribution in [0.4, 0.5) is 4.79 Å². The zero-order valence-corrected chi connectivity index (χ0v) is 13.2. The van der Waals surface area contributed by atoms with Gasteiger partial charge in [0.05, 0.1) is 7.11 Å². The van der Waals surface area contributed by atoms with Gasteiger partial charge in [0.2, 0.25) is 0 Å². The largest absolute Gasteiger partial charge is 0.497 e. The van der Waals surface area contributed by atoms with Crippen molar-refractivity contribution in [3.05, 3.63) is 29.8 Å². The molecule has 7 nitrogen and oxygen atoms in total. The molecule has 1 amide bonds. The third-order valence-electron chi connectivity index (χ3n) is 2.81. The van der Waals surface area contributed by atoms with Gasteiger partial charge in [-0.15, -0.1) is 0 Å². The van der Waals surface area contributed by atoms with Crippen LogP contribution in [0.1, 0.15) is 12.0 Å². The predicted molar refractivity (Wildman–Crippen MR) is 81.3 cm³/mol. The quantitative estimate of drug-likeness (QED) is 0.741. The Labute approximate surface area is 131 Å². The molecular formula is C14H19NO6S. The van der Waals surface area contributed by atoms with Gasteiger partial charge in [0.1, 0.15) is 18.4 Å². The van der Waals surface area contributed by atoms with Crippen LogP contribution in [0, 0.1) is 0 Å². The molecule has 0 spiro atoms. The normalized spacial score (nSPS) is 13.0. The van der Waals surface area contributed by atoms with Crippen LogP contribution in [0.5, 0.6) is 5.75 Å². The van der Waals surface area contributed by atoms with Crippen LogP contribution in [-0.4, -0.2) is 46.5 Å². The molecule has 22 heavy (non-hydrogen) atoms. The molecule has 2 atom stereocenters. The van der Waals surface area contributed by atoms with E-state index in [0.29, 0.717) is 5.75 Å². The lowest BCUT2D eigenvalue weighted by Gasteiger charge is -2.14. The summed E-state index contributed by atoms with van der Waals surface area (Å²) in [4.78, 5) is 22.6. The number of rotatable bonds is 8. The minimum absolute atomic E-state index is 0.0157. The monoisotopic (exact) mass is 329 g/mol. The van der Waals surface area contributed by atoms with E-state index in [1.807, 2.05) is 0 Å². The molecule has 122 valence electrons. The molecule has 0 saturated heterocycles. The number of nitrogens with one attached hydrogen (secondary N) is 1. The third-order valence-corrected chi connectivity index (χ3v) is 3.62. The maximum absolute atomic E-state index is 11.6. The SMILES string of the molecule is COc1ccc(COC(=O)N[C@@H](CC[S@@](C)=O)C(=O)O)cc1. The molecular weight excluding hydrogens is 310 g/mol. The van der Waals surface area contributed by atoms with Crippen LogP contribution in [0.2, 0.25) is 0 Å². The Kier molecular flexibility index (Phi) is 7.38. The summed E-state index contributed by atoms with van der Waals surface area (Å²) in [7, 11) is 0.428. The highest BCUT2D eigenvalue weighted by molar-refractivity contribution is 7.84. The van der Waals surface area contributed by atoms with Crippen LogP contribution in [0.15, 0.2) is 24.3 Å². The molecule has 1 aromatic rings. The number of ether oxygens (including phenoxy) is 2. The highest BCUT2D eigenvalue weighted by Crippen LogP contribution is 2.12. The Bertz CT molecular complexity index is 531. The number of benzene rings is 1. The fourth-order valence-electron chi connectivity index (χ4n) is 1.60. The molecule has 0 aliphatic heterocycles. The summed E-state index contributed by atoms with van der Waals surface area (Å²) in [6.07, 6.45) is 0.724. The van der Waals surface area contributed by atoms with Gasteiger partial charge in [0, 0.05) is 22.8 Å². The van der Waals surface area contributed by atoms with Gasteiger partial charge >= 0.3 is 12.1 Å². The molecule has 2 N–H and O–H groups in total. The summed E-state index contributed by atoms with van der Waals surface area (Å²) >= 11 is 0. The van der Waals surface area contributed by atoms with Crippen LogP contribution in [0.25, 0.3) is 0 Å². The van der Waals surface area contributed by atoms with Crippen LogP contribution >= 0.6 is 0 Å². The average Bonchev–Trinajstić information content (AvgIpc) is 2.49. The van der Waals surface area contributed by atoms with Crippen molar-refractivity contribution in [1.82, 2.24) is 5.32 Å². The second kappa shape index (κ2) is 9.04. The number of carboxylic acid groups (broad SMARTS) is 1. The van der Waals surface area contributed by atoms with Crippen molar-refractivity contribution in [3.8, 4) is 5.75 Å². The predicted octanol–water partition coefficient (Wildman–Crippen LogP) is 1.14. The Morgan fingerprint density at radius 1 is 1.32 bits per heavy atom. The molecule has 0 aliphatic carbocycles. The first-order chi connectivity index (χ1) is 10.4. The standard InChI is InChI=1S/C14H19NO6S/c1-20-11-5-3-10(4-6-11)9-21-14(18)15-12(13(16)17)7-8-22(2)19/h3-6,12H,7-9H2,1-2H3,(H,15,18)(H,16,17)/t12-,22+/m0/s1. The maximum atomic E-state index is 11.6. The van der Waals surface area contributed by atoms with Crippen molar-refractivity contribution in [2.75, 3.05) is 19.1 Å². The van der Waals surface area contributed by atoms with Crippen LogP contribution in [-0.2, 0) is 26.9 Å². The first-order valence-electron chi connectivity index (χ1n) is 6.51. The molecule has 0 aromatic heterocycles. The number of hydrogen-bond acceptors (Lipinski definition) is 5. The minimum atomic E-state index is -1.19. The van der Waals surface area contributed by atoms with E-state index < -0.39 is 28.9 Å². The second-order valence-electron chi connectivity index (χ2n) is 4.53. The lowest BCUT2D eigenvalue weighted by Crippen LogP contribution is -2.41. The number of aliphatic carboxylic acids is 1. The Morgan fingerprint density at radius 3 is 2.45 bits per heavy atom. The van der Waals surface area contributed by atoms with Gasteiger partial charge in [-0.05, 0) is 24.1 Å². The molecule has 0 radical (unpaired) electrons. The van der Waals surface area contributed by atoms with Crippen LogP contribution in [0.3, 0.4) is 0 Å². The van der Waals surface area contributed by atoms with Crippen molar-refractivity contribution in [3.63, 3.8) is 0 Å². The lowest BCUT2D eigenvalue weighted by atomic mass is 10.2. The molecule has 1 aromatic carbocycles. The Balaban J connectivity index is 2.45. The van der Waals surface area contributed by atoms with Gasteiger partial charge in [0.15, 0.2) is 0 Å². The molecule has 0 unspecified atom stereocenters. The van der Waals surface area contributed by atoms with E-state index >= 15 is 0 Å². The molecule has 0 saturated carbocycles. The summed E-state index contributed by atoms with van der Waals surface area (Å²) in [5.74, 6) is -0.311. The summed E-state index contributed by atoms with van der Waals surface area (Å²) in [6, 6.07) is 5.81. The van der Waals surface area contributed by atoms with Crippen molar-refractivity contribution in [2.45, 2.75) is 19.1 Å². The van der Waals surface area contributed by atoms with Gasteiger partial charge in [-0.3, -0.25) is 4.21 Å². The Hall–Kier alpha value is -2.09. The van der Waals surface area contributed by atoms with E-state index in [0.717, 1.165) is 5.56 Å². The molecule has 8 heteroatoms. The van der Waals surface area contributed by atoms with Crippen molar-refractivity contribution >= 4 is 22.9 Å². The van der Waals surface area contributed by atoms with Gasteiger partial charge in [-0.2, -0.15) is 0 Å². The molecule has 0 aliphatic rings. The van der Waals surface area contributed by atoms with E-state index in [2.05, 4.69) is 5.32 Å². The highest BCUT2D eigenvalue weighted by atomic mass is 32.2. The van der Waals surface area contributed by atoms with Crippen LogP contribution < -0.4 is 10.1 Å². The first-order valence-corrected chi connectivity index (χ1v) is 8.24. The van der Waals surface area contributed by atoms with E-state index in [9.17, 15) is 13.8 Å². The summed E-state index contributed by atoms with van der Waals surface area (Å²) in [5, 5.41) is 11.2. The van der Waals surface area contributed by atoms with Crippen molar-refractivity contribution in [1.29, 1.82) is 0 Å². The van der Waals surface area contributed by atoms with E-state index in [1.165, 1.54) is 6.26 Å². The number of hydrogen-bond donors (Lipinski definition) is 2. The molecule has 0 fully saturated rings. The average molecular weight is 329 g/mol. The number of carbonyl (C=O) groups is 2. The minimum Gasteiger partial charge on any atom is -0.497 e. The number of amides is 1. The van der Waals surface area contributed by atoms with Crippen molar-refractivity contribution in [2.24, 2.45) is 0 Å². The van der Waals surface area contributed by atoms with Gasteiger partial charge in [-0.1, -0.05) is 12.1 Å². The topological polar surface area (TPSA) is 102 Å². The fourth-order valence-corrected chi connectivity index (χ4v) is 2.16. The number of methoxy groups -OCH3 is 1. The van der Waals surface area contributed by atoms with Crippen molar-refractivity contribution < 1.29 is 28.4 Å². The zero-order valence-electron chi connectivity index (χ0n) is 12.4. The summed E-state index contributed by atoms with van der Waals surface area (Å²) < 4.78 is 21.0. The van der Waals surface area contributed by atoms with E-state index in [4.69, 9.17) is 14.6 Å². The zero-order chi connectivity index (χ0) is 16.5. The van der Waals surface area contributed by atoms with Gasteiger partial charge in [-0.25, -0.2) is 9.59 Å². The van der Waals surface area contributed by atoms with E-state index in [1.54, 1.807) is 31.4 Å². The summed E-state index contributed by atoms with van der Waals surface area (Å²) in [5.41, 5.74) is 0.748. The summed E-state index contributed by atoms with van der Waals surface area (Å²) in [6.45, 7) is 0.0157. The fraction of sp³-hybridized carbons (Fsp3) is 0.429. The number of carboxylic acids is 1. The smallest absolute Gasteiger partial charge is 0.408 e. The first kappa shape index (κ1) is 18.0. The lowest BCUT2D eigenvalue weighted by molar-refractivity contribution is -0.139. The highest BCUT2D eigenvalue weighted by Gasteiger charge is 2.20. The van der Waals surface area contributed by atoms with Gasteiger partial charge in [0.25, 0.3) is 0 Å². The number of alkyl carbamates (subject to hydrolysis) is 1. The number of carbonyl (C=O) groups excluding carboxylic acids is 1.